The summed E-state index contributed by atoms with van der Waals surface area (Å²) in [5, 5.41) is 12.1. The van der Waals surface area contributed by atoms with Gasteiger partial charge in [-0.1, -0.05) is 28.1 Å². The van der Waals surface area contributed by atoms with Gasteiger partial charge in [-0.3, -0.25) is 0 Å². The third kappa shape index (κ3) is 3.12. The molecule has 0 spiro atoms. The summed E-state index contributed by atoms with van der Waals surface area (Å²) in [6.07, 6.45) is 0. The van der Waals surface area contributed by atoms with Gasteiger partial charge in [0.2, 0.25) is 0 Å². The van der Waals surface area contributed by atoms with E-state index in [9.17, 15) is 4.39 Å². The lowest BCUT2D eigenvalue weighted by molar-refractivity contribution is 0.623. The third-order valence-corrected chi connectivity index (χ3v) is 3.76. The van der Waals surface area contributed by atoms with E-state index in [4.69, 9.17) is 5.26 Å². The Hall–Kier alpha value is -1.86. The van der Waals surface area contributed by atoms with Crippen LogP contribution in [0.3, 0.4) is 0 Å². The number of nitriles is 1. The Labute approximate surface area is 120 Å². The van der Waals surface area contributed by atoms with Crippen LogP contribution in [0.25, 0.3) is 0 Å². The zero-order chi connectivity index (χ0) is 13.8. The van der Waals surface area contributed by atoms with Gasteiger partial charge < -0.3 is 5.32 Å². The van der Waals surface area contributed by atoms with Crippen molar-refractivity contribution in [2.75, 3.05) is 5.32 Å². The van der Waals surface area contributed by atoms with Crippen LogP contribution in [0, 0.1) is 24.1 Å². The van der Waals surface area contributed by atoms with Crippen molar-refractivity contribution in [1.82, 2.24) is 0 Å². The van der Waals surface area contributed by atoms with E-state index >= 15 is 0 Å². The summed E-state index contributed by atoms with van der Waals surface area (Å²) in [4.78, 5) is 0. The summed E-state index contributed by atoms with van der Waals surface area (Å²) < 4.78 is 14.2. The molecule has 0 aliphatic carbocycles. The molecule has 0 bridgehead atoms. The molecule has 4 heteroatoms. The smallest absolute Gasteiger partial charge is 0.140 e. The zero-order valence-corrected chi connectivity index (χ0v) is 12.0. The maximum absolute atomic E-state index is 13.2. The predicted molar refractivity (Wildman–Crippen MR) is 77.3 cm³/mol. The molecule has 0 saturated carbocycles. The molecular weight excluding hydrogens is 307 g/mol. The van der Waals surface area contributed by atoms with Crippen molar-refractivity contribution in [3.8, 4) is 6.07 Å². The standard InChI is InChI=1S/C15H12BrFN2/c1-10-13(16)3-2-4-15(10)19-9-11-5-6-14(17)12(7-11)8-18/h2-7,19H,9H2,1H3. The van der Waals surface area contributed by atoms with Gasteiger partial charge in [-0.2, -0.15) is 5.26 Å². The Morgan fingerprint density at radius 2 is 2.11 bits per heavy atom. The van der Waals surface area contributed by atoms with Crippen LogP contribution in [0.4, 0.5) is 10.1 Å². The van der Waals surface area contributed by atoms with Crippen molar-refractivity contribution in [3.63, 3.8) is 0 Å². The molecule has 1 N–H and O–H groups in total. The van der Waals surface area contributed by atoms with Gasteiger partial charge >= 0.3 is 0 Å². The van der Waals surface area contributed by atoms with Gasteiger partial charge in [0.15, 0.2) is 0 Å². The molecule has 0 radical (unpaired) electrons. The van der Waals surface area contributed by atoms with Crippen molar-refractivity contribution in [2.24, 2.45) is 0 Å². The molecule has 0 fully saturated rings. The number of halogens is 2. The summed E-state index contributed by atoms with van der Waals surface area (Å²) in [5.41, 5.74) is 3.07. The molecule has 0 aliphatic rings. The Morgan fingerprint density at radius 1 is 1.32 bits per heavy atom. The summed E-state index contributed by atoms with van der Waals surface area (Å²) in [5.74, 6) is -0.482. The number of nitrogens with zero attached hydrogens (tertiary/aromatic N) is 1. The molecule has 19 heavy (non-hydrogen) atoms. The van der Waals surface area contributed by atoms with E-state index in [1.807, 2.05) is 31.2 Å². The normalized spacial score (nSPS) is 10.0. The highest BCUT2D eigenvalue weighted by Gasteiger charge is 2.04. The minimum absolute atomic E-state index is 0.0743. The second-order valence-electron chi connectivity index (χ2n) is 4.19. The van der Waals surface area contributed by atoms with Crippen LogP contribution in [-0.4, -0.2) is 0 Å². The number of hydrogen-bond donors (Lipinski definition) is 1. The number of hydrogen-bond acceptors (Lipinski definition) is 2. The number of nitrogens with one attached hydrogen (secondary N) is 1. The topological polar surface area (TPSA) is 35.8 Å². The zero-order valence-electron chi connectivity index (χ0n) is 10.4. The van der Waals surface area contributed by atoms with Crippen molar-refractivity contribution < 1.29 is 4.39 Å². The first-order valence-electron chi connectivity index (χ1n) is 5.79. The molecule has 0 unspecified atom stereocenters. The van der Waals surface area contributed by atoms with E-state index in [1.165, 1.54) is 6.07 Å². The summed E-state index contributed by atoms with van der Waals surface area (Å²) in [6.45, 7) is 2.56. The van der Waals surface area contributed by atoms with Crippen LogP contribution in [0.15, 0.2) is 40.9 Å². The molecule has 2 nitrogen and oxygen atoms in total. The van der Waals surface area contributed by atoms with Crippen LogP contribution in [0.5, 0.6) is 0 Å². The average Bonchev–Trinajstić information content (AvgIpc) is 2.42. The molecule has 2 aromatic rings. The van der Waals surface area contributed by atoms with E-state index in [2.05, 4.69) is 21.2 Å². The minimum Gasteiger partial charge on any atom is -0.381 e. The van der Waals surface area contributed by atoms with Gasteiger partial charge in [0.1, 0.15) is 11.9 Å². The molecule has 0 aromatic heterocycles. The Bertz CT molecular complexity index is 647. The first-order chi connectivity index (χ1) is 9.11. The predicted octanol–water partition coefficient (Wildman–Crippen LogP) is 4.38. The van der Waals surface area contributed by atoms with Gasteiger partial charge in [-0.25, -0.2) is 4.39 Å². The van der Waals surface area contributed by atoms with E-state index in [0.29, 0.717) is 6.54 Å². The van der Waals surface area contributed by atoms with Gasteiger partial charge in [0, 0.05) is 16.7 Å². The largest absolute Gasteiger partial charge is 0.381 e. The van der Waals surface area contributed by atoms with Crippen LogP contribution in [0.1, 0.15) is 16.7 Å². The second kappa shape index (κ2) is 5.85. The van der Waals surface area contributed by atoms with Crippen LogP contribution in [-0.2, 0) is 6.54 Å². The lowest BCUT2D eigenvalue weighted by Gasteiger charge is -2.11. The number of benzene rings is 2. The van der Waals surface area contributed by atoms with E-state index < -0.39 is 5.82 Å². The second-order valence-corrected chi connectivity index (χ2v) is 5.05. The quantitative estimate of drug-likeness (QED) is 0.911. The van der Waals surface area contributed by atoms with Gasteiger partial charge in [0.25, 0.3) is 0 Å². The fraction of sp³-hybridized carbons (Fsp3) is 0.133. The van der Waals surface area contributed by atoms with Crippen LogP contribution < -0.4 is 5.32 Å². The molecular formula is C15H12BrFN2. The summed E-state index contributed by atoms with van der Waals surface area (Å²) in [6, 6.07) is 12.3. The molecule has 0 saturated heterocycles. The number of rotatable bonds is 3. The SMILES string of the molecule is Cc1c(Br)cccc1NCc1ccc(F)c(C#N)c1. The molecule has 2 aromatic carbocycles. The van der Waals surface area contributed by atoms with E-state index in [0.717, 1.165) is 21.3 Å². The third-order valence-electron chi connectivity index (χ3n) is 2.90. The maximum atomic E-state index is 13.2. The molecule has 96 valence electrons. The van der Waals surface area contributed by atoms with E-state index in [1.54, 1.807) is 12.1 Å². The van der Waals surface area contributed by atoms with E-state index in [-0.39, 0.29) is 5.56 Å². The highest BCUT2D eigenvalue weighted by Crippen LogP contribution is 2.24. The van der Waals surface area contributed by atoms with Gasteiger partial charge in [-0.05, 0) is 42.3 Å². The number of anilines is 1. The highest BCUT2D eigenvalue weighted by atomic mass is 79.9. The van der Waals surface area contributed by atoms with Gasteiger partial charge in [-0.15, -0.1) is 0 Å². The maximum Gasteiger partial charge on any atom is 0.140 e. The average molecular weight is 319 g/mol. The summed E-state index contributed by atoms with van der Waals surface area (Å²) >= 11 is 3.47. The Morgan fingerprint density at radius 3 is 2.84 bits per heavy atom. The van der Waals surface area contributed by atoms with Gasteiger partial charge in [0.05, 0.1) is 5.56 Å². The van der Waals surface area contributed by atoms with Crippen molar-refractivity contribution in [3.05, 3.63) is 63.4 Å². The first-order valence-corrected chi connectivity index (χ1v) is 6.58. The first kappa shape index (κ1) is 13.6. The van der Waals surface area contributed by atoms with Crippen LogP contribution in [0.2, 0.25) is 0 Å². The van der Waals surface area contributed by atoms with Crippen LogP contribution >= 0.6 is 15.9 Å². The van der Waals surface area contributed by atoms with Crippen molar-refractivity contribution in [2.45, 2.75) is 13.5 Å². The summed E-state index contributed by atoms with van der Waals surface area (Å²) in [7, 11) is 0. The van der Waals surface area contributed by atoms with Crippen molar-refractivity contribution >= 4 is 21.6 Å². The Balaban J connectivity index is 2.15. The van der Waals surface area contributed by atoms with Crippen molar-refractivity contribution in [1.29, 1.82) is 5.26 Å². The Kier molecular flexibility index (Phi) is 4.18. The minimum atomic E-state index is -0.482. The monoisotopic (exact) mass is 318 g/mol. The highest BCUT2D eigenvalue weighted by molar-refractivity contribution is 9.10. The fourth-order valence-corrected chi connectivity index (χ4v) is 2.13. The molecule has 0 atom stereocenters. The molecule has 0 heterocycles. The molecule has 0 amide bonds. The fourth-order valence-electron chi connectivity index (χ4n) is 1.76. The molecule has 0 aliphatic heterocycles. The lowest BCUT2D eigenvalue weighted by Crippen LogP contribution is -2.02. The lowest BCUT2D eigenvalue weighted by atomic mass is 10.1. The molecule has 2 rings (SSSR count).